The molecule has 2 heterocycles. The standard InChI is InChI=1S/C15H16N4/c1-19-14-5-3-2-4-13(14)18-15(19)11-17-10-12-6-8-16-9-7-12/h2-9,17H,10-11H2,1H3. The van der Waals surface area contributed by atoms with Gasteiger partial charge in [0, 0.05) is 26.0 Å². The first kappa shape index (κ1) is 11.9. The Morgan fingerprint density at radius 2 is 1.84 bits per heavy atom. The summed E-state index contributed by atoms with van der Waals surface area (Å²) in [6, 6.07) is 12.2. The molecular weight excluding hydrogens is 236 g/mol. The van der Waals surface area contributed by atoms with Gasteiger partial charge in [0.15, 0.2) is 0 Å². The van der Waals surface area contributed by atoms with Gasteiger partial charge in [-0.05, 0) is 29.8 Å². The van der Waals surface area contributed by atoms with Crippen LogP contribution in [0, 0.1) is 0 Å². The monoisotopic (exact) mass is 252 g/mol. The molecule has 1 N–H and O–H groups in total. The number of nitrogens with one attached hydrogen (secondary N) is 1. The zero-order valence-corrected chi connectivity index (χ0v) is 10.9. The highest BCUT2D eigenvalue weighted by Crippen LogP contribution is 2.13. The number of nitrogens with zero attached hydrogens (tertiary/aromatic N) is 3. The molecule has 0 aliphatic carbocycles. The van der Waals surface area contributed by atoms with Crippen molar-refractivity contribution in [2.75, 3.05) is 0 Å². The molecule has 0 saturated heterocycles. The number of aromatic nitrogens is 3. The molecule has 0 bridgehead atoms. The zero-order valence-electron chi connectivity index (χ0n) is 10.9. The Labute approximate surface area is 112 Å². The molecule has 1 aromatic carbocycles. The van der Waals surface area contributed by atoms with E-state index in [0.29, 0.717) is 0 Å². The summed E-state index contributed by atoms with van der Waals surface area (Å²) >= 11 is 0. The molecule has 4 nitrogen and oxygen atoms in total. The lowest BCUT2D eigenvalue weighted by Crippen LogP contribution is -2.15. The van der Waals surface area contributed by atoms with Gasteiger partial charge in [-0.2, -0.15) is 0 Å². The summed E-state index contributed by atoms with van der Waals surface area (Å²) in [6.45, 7) is 1.58. The van der Waals surface area contributed by atoms with E-state index in [4.69, 9.17) is 0 Å². The van der Waals surface area contributed by atoms with Gasteiger partial charge in [0.05, 0.1) is 17.6 Å². The van der Waals surface area contributed by atoms with Crippen LogP contribution >= 0.6 is 0 Å². The molecule has 0 unspecified atom stereocenters. The minimum Gasteiger partial charge on any atom is -0.330 e. The average molecular weight is 252 g/mol. The zero-order chi connectivity index (χ0) is 13.1. The first-order valence-electron chi connectivity index (χ1n) is 6.34. The van der Waals surface area contributed by atoms with Crippen LogP contribution in [0.4, 0.5) is 0 Å². The Kier molecular flexibility index (Phi) is 3.25. The normalized spacial score (nSPS) is 11.0. The summed E-state index contributed by atoms with van der Waals surface area (Å²) in [7, 11) is 2.05. The number of fused-ring (bicyclic) bond motifs is 1. The number of pyridine rings is 1. The lowest BCUT2D eigenvalue weighted by Gasteiger charge is -2.05. The molecule has 3 rings (SSSR count). The molecular formula is C15H16N4. The van der Waals surface area contributed by atoms with Crippen LogP contribution in [0.5, 0.6) is 0 Å². The van der Waals surface area contributed by atoms with Gasteiger partial charge < -0.3 is 9.88 Å². The quantitative estimate of drug-likeness (QED) is 0.774. The Morgan fingerprint density at radius 1 is 1.05 bits per heavy atom. The first-order chi connectivity index (χ1) is 9.34. The van der Waals surface area contributed by atoms with Crippen LogP contribution in [0.3, 0.4) is 0 Å². The maximum atomic E-state index is 4.63. The predicted molar refractivity (Wildman–Crippen MR) is 75.5 cm³/mol. The molecule has 0 saturated carbocycles. The lowest BCUT2D eigenvalue weighted by molar-refractivity contribution is 0.643. The van der Waals surface area contributed by atoms with Crippen LogP contribution in [0.25, 0.3) is 11.0 Å². The molecule has 2 aromatic heterocycles. The number of imidazole rings is 1. The predicted octanol–water partition coefficient (Wildman–Crippen LogP) is 2.26. The number of hydrogen-bond acceptors (Lipinski definition) is 3. The van der Waals surface area contributed by atoms with Crippen LogP contribution in [0.1, 0.15) is 11.4 Å². The minimum atomic E-state index is 0.757. The molecule has 0 aliphatic heterocycles. The maximum Gasteiger partial charge on any atom is 0.123 e. The number of para-hydroxylation sites is 2. The van der Waals surface area contributed by atoms with Gasteiger partial charge >= 0.3 is 0 Å². The van der Waals surface area contributed by atoms with E-state index in [-0.39, 0.29) is 0 Å². The molecule has 0 atom stereocenters. The molecule has 96 valence electrons. The van der Waals surface area contributed by atoms with Crippen molar-refractivity contribution in [3.63, 3.8) is 0 Å². The van der Waals surface area contributed by atoms with E-state index >= 15 is 0 Å². The van der Waals surface area contributed by atoms with E-state index in [1.165, 1.54) is 11.1 Å². The van der Waals surface area contributed by atoms with Gasteiger partial charge in [0.1, 0.15) is 5.82 Å². The van der Waals surface area contributed by atoms with E-state index < -0.39 is 0 Å². The van der Waals surface area contributed by atoms with E-state index in [2.05, 4.69) is 33.0 Å². The van der Waals surface area contributed by atoms with Crippen molar-refractivity contribution in [2.24, 2.45) is 7.05 Å². The highest BCUT2D eigenvalue weighted by atomic mass is 15.1. The highest BCUT2D eigenvalue weighted by Gasteiger charge is 2.05. The second kappa shape index (κ2) is 5.20. The van der Waals surface area contributed by atoms with Gasteiger partial charge in [-0.15, -0.1) is 0 Å². The fourth-order valence-corrected chi connectivity index (χ4v) is 2.17. The second-order valence-corrected chi connectivity index (χ2v) is 4.53. The average Bonchev–Trinajstić information content (AvgIpc) is 2.78. The van der Waals surface area contributed by atoms with Crippen molar-refractivity contribution in [1.29, 1.82) is 0 Å². The summed E-state index contributed by atoms with van der Waals surface area (Å²) < 4.78 is 2.13. The van der Waals surface area contributed by atoms with Crippen molar-refractivity contribution in [1.82, 2.24) is 19.9 Å². The molecule has 0 radical (unpaired) electrons. The first-order valence-corrected chi connectivity index (χ1v) is 6.34. The Morgan fingerprint density at radius 3 is 2.63 bits per heavy atom. The number of rotatable bonds is 4. The molecule has 3 aromatic rings. The van der Waals surface area contributed by atoms with Gasteiger partial charge in [-0.1, -0.05) is 12.1 Å². The third-order valence-corrected chi connectivity index (χ3v) is 3.24. The van der Waals surface area contributed by atoms with Crippen molar-refractivity contribution in [3.05, 3.63) is 60.2 Å². The largest absolute Gasteiger partial charge is 0.330 e. The highest BCUT2D eigenvalue weighted by molar-refractivity contribution is 5.75. The maximum absolute atomic E-state index is 4.63. The third kappa shape index (κ3) is 2.48. The summed E-state index contributed by atoms with van der Waals surface area (Å²) in [5, 5.41) is 3.41. The molecule has 19 heavy (non-hydrogen) atoms. The Hall–Kier alpha value is -2.20. The van der Waals surface area contributed by atoms with E-state index in [1.807, 2.05) is 42.7 Å². The summed E-state index contributed by atoms with van der Waals surface area (Å²) in [4.78, 5) is 8.64. The Bertz CT molecular complexity index is 673. The van der Waals surface area contributed by atoms with Crippen molar-refractivity contribution in [3.8, 4) is 0 Å². The molecule has 0 fully saturated rings. The topological polar surface area (TPSA) is 42.7 Å². The van der Waals surface area contributed by atoms with Gasteiger partial charge in [0.2, 0.25) is 0 Å². The third-order valence-electron chi connectivity index (χ3n) is 3.24. The minimum absolute atomic E-state index is 0.757. The summed E-state index contributed by atoms with van der Waals surface area (Å²) in [5.74, 6) is 1.05. The second-order valence-electron chi connectivity index (χ2n) is 4.53. The number of aryl methyl sites for hydroxylation is 1. The van der Waals surface area contributed by atoms with Crippen molar-refractivity contribution < 1.29 is 0 Å². The lowest BCUT2D eigenvalue weighted by atomic mass is 10.3. The summed E-state index contributed by atoms with van der Waals surface area (Å²) in [5.41, 5.74) is 3.45. The van der Waals surface area contributed by atoms with Gasteiger partial charge in [-0.25, -0.2) is 4.98 Å². The fraction of sp³-hybridized carbons (Fsp3) is 0.200. The van der Waals surface area contributed by atoms with Crippen LogP contribution in [-0.4, -0.2) is 14.5 Å². The fourth-order valence-electron chi connectivity index (χ4n) is 2.17. The van der Waals surface area contributed by atoms with Crippen LogP contribution in [-0.2, 0) is 20.1 Å². The van der Waals surface area contributed by atoms with E-state index in [1.54, 1.807) is 0 Å². The number of hydrogen-bond donors (Lipinski definition) is 1. The van der Waals surface area contributed by atoms with Crippen LogP contribution < -0.4 is 5.32 Å². The van der Waals surface area contributed by atoms with Gasteiger partial charge in [-0.3, -0.25) is 4.98 Å². The smallest absolute Gasteiger partial charge is 0.123 e. The summed E-state index contributed by atoms with van der Waals surface area (Å²) in [6.07, 6.45) is 3.62. The molecule has 0 aliphatic rings. The number of benzene rings is 1. The van der Waals surface area contributed by atoms with Crippen molar-refractivity contribution >= 4 is 11.0 Å². The SMILES string of the molecule is Cn1c(CNCc2ccncc2)nc2ccccc21. The van der Waals surface area contributed by atoms with E-state index in [9.17, 15) is 0 Å². The van der Waals surface area contributed by atoms with Gasteiger partial charge in [0.25, 0.3) is 0 Å². The van der Waals surface area contributed by atoms with Crippen LogP contribution in [0.2, 0.25) is 0 Å². The molecule has 4 heteroatoms. The molecule has 0 spiro atoms. The molecule has 0 amide bonds. The Balaban J connectivity index is 1.70. The van der Waals surface area contributed by atoms with E-state index in [0.717, 1.165) is 24.4 Å². The van der Waals surface area contributed by atoms with Crippen molar-refractivity contribution in [2.45, 2.75) is 13.1 Å². The van der Waals surface area contributed by atoms with Crippen LogP contribution in [0.15, 0.2) is 48.8 Å².